The van der Waals surface area contributed by atoms with Gasteiger partial charge < -0.3 is 15.4 Å². The van der Waals surface area contributed by atoms with E-state index in [2.05, 4.69) is 0 Å². The zero-order valence-corrected chi connectivity index (χ0v) is 12.0. The van der Waals surface area contributed by atoms with Crippen LogP contribution in [0.25, 0.3) is 0 Å². The molecule has 0 aromatic heterocycles. The van der Waals surface area contributed by atoms with E-state index in [4.69, 9.17) is 10.5 Å². The molecule has 4 nitrogen and oxygen atoms in total. The predicted octanol–water partition coefficient (Wildman–Crippen LogP) is 3.08. The van der Waals surface area contributed by atoms with Crippen LogP contribution in [0, 0.1) is 5.82 Å². The molecule has 0 aliphatic rings. The number of halogens is 1. The van der Waals surface area contributed by atoms with E-state index in [0.717, 1.165) is 0 Å². The van der Waals surface area contributed by atoms with Crippen LogP contribution in [0.2, 0.25) is 0 Å². The minimum absolute atomic E-state index is 0.268. The van der Waals surface area contributed by atoms with Crippen molar-refractivity contribution < 1.29 is 13.9 Å². The average molecular weight is 288 g/mol. The van der Waals surface area contributed by atoms with Crippen molar-refractivity contribution in [2.45, 2.75) is 6.92 Å². The first-order chi connectivity index (χ1) is 10.0. The van der Waals surface area contributed by atoms with Crippen LogP contribution in [-0.2, 0) is 0 Å². The molecule has 0 radical (unpaired) electrons. The third kappa shape index (κ3) is 3.31. The smallest absolute Gasteiger partial charge is 0.258 e. The van der Waals surface area contributed by atoms with Gasteiger partial charge in [-0.05, 0) is 43.3 Å². The number of carbonyl (C=O) groups excluding carboxylic acids is 1. The second-order valence-electron chi connectivity index (χ2n) is 4.53. The lowest BCUT2D eigenvalue weighted by atomic mass is 10.1. The maximum Gasteiger partial charge on any atom is 0.258 e. The monoisotopic (exact) mass is 288 g/mol. The van der Waals surface area contributed by atoms with Crippen LogP contribution in [0.5, 0.6) is 5.75 Å². The Bertz CT molecular complexity index is 658. The van der Waals surface area contributed by atoms with Gasteiger partial charge in [0.25, 0.3) is 5.91 Å². The van der Waals surface area contributed by atoms with E-state index in [-0.39, 0.29) is 5.91 Å². The first-order valence-electron chi connectivity index (χ1n) is 6.59. The number of nitrogens with two attached hydrogens (primary N) is 1. The topological polar surface area (TPSA) is 55.6 Å². The van der Waals surface area contributed by atoms with Crippen LogP contribution in [0.15, 0.2) is 42.5 Å². The Morgan fingerprint density at radius 1 is 1.29 bits per heavy atom. The third-order valence-electron chi connectivity index (χ3n) is 3.06. The fraction of sp³-hybridized carbons (Fsp3) is 0.188. The minimum Gasteiger partial charge on any atom is -0.492 e. The number of amides is 1. The van der Waals surface area contributed by atoms with Crippen LogP contribution in [-0.4, -0.2) is 19.6 Å². The number of carbonyl (C=O) groups is 1. The fourth-order valence-corrected chi connectivity index (χ4v) is 1.96. The molecule has 0 atom stereocenters. The molecule has 0 aliphatic heterocycles. The summed E-state index contributed by atoms with van der Waals surface area (Å²) in [5.41, 5.74) is 7.15. The summed E-state index contributed by atoms with van der Waals surface area (Å²) in [6.07, 6.45) is 0. The summed E-state index contributed by atoms with van der Waals surface area (Å²) >= 11 is 0. The normalized spacial score (nSPS) is 10.2. The predicted molar refractivity (Wildman–Crippen MR) is 81.2 cm³/mol. The highest BCUT2D eigenvalue weighted by atomic mass is 19.1. The Morgan fingerprint density at radius 3 is 2.67 bits per heavy atom. The molecule has 0 heterocycles. The van der Waals surface area contributed by atoms with Gasteiger partial charge in [-0.25, -0.2) is 4.39 Å². The summed E-state index contributed by atoms with van der Waals surface area (Å²) in [7, 11) is 1.59. The molecule has 0 saturated heterocycles. The standard InChI is InChI=1S/C16H17FN2O2/c1-3-21-15-8-7-11(9-14(15)18)16(20)19(2)13-6-4-5-12(17)10-13/h4-10H,3,18H2,1-2H3. The number of hydrogen-bond acceptors (Lipinski definition) is 3. The van der Waals surface area contributed by atoms with Crippen LogP contribution in [0.4, 0.5) is 15.8 Å². The zero-order chi connectivity index (χ0) is 15.4. The molecular weight excluding hydrogens is 271 g/mol. The van der Waals surface area contributed by atoms with Crippen LogP contribution >= 0.6 is 0 Å². The van der Waals surface area contributed by atoms with Crippen molar-refractivity contribution in [3.63, 3.8) is 0 Å². The van der Waals surface area contributed by atoms with Gasteiger partial charge in [0.2, 0.25) is 0 Å². The number of ether oxygens (including phenoxy) is 1. The van der Waals surface area contributed by atoms with Gasteiger partial charge in [-0.1, -0.05) is 6.07 Å². The zero-order valence-electron chi connectivity index (χ0n) is 12.0. The Balaban J connectivity index is 2.25. The van der Waals surface area contributed by atoms with E-state index in [1.165, 1.54) is 17.0 Å². The van der Waals surface area contributed by atoms with E-state index >= 15 is 0 Å². The van der Waals surface area contributed by atoms with Crippen LogP contribution in [0.1, 0.15) is 17.3 Å². The van der Waals surface area contributed by atoms with Crippen LogP contribution < -0.4 is 15.4 Å². The molecule has 21 heavy (non-hydrogen) atoms. The largest absolute Gasteiger partial charge is 0.492 e. The van der Waals surface area contributed by atoms with Gasteiger partial charge in [0.15, 0.2) is 0 Å². The molecule has 0 saturated carbocycles. The lowest BCUT2D eigenvalue weighted by Crippen LogP contribution is -2.26. The molecule has 5 heteroatoms. The van der Waals surface area contributed by atoms with Crippen molar-refractivity contribution in [3.8, 4) is 5.75 Å². The summed E-state index contributed by atoms with van der Waals surface area (Å²) in [6, 6.07) is 10.7. The minimum atomic E-state index is -0.390. The molecule has 0 aliphatic carbocycles. The highest BCUT2D eigenvalue weighted by molar-refractivity contribution is 6.06. The third-order valence-corrected chi connectivity index (χ3v) is 3.06. The van der Waals surface area contributed by atoms with Crippen LogP contribution in [0.3, 0.4) is 0 Å². The molecule has 0 unspecified atom stereocenters. The summed E-state index contributed by atoms with van der Waals surface area (Å²) in [4.78, 5) is 13.8. The van der Waals surface area contributed by atoms with Crippen molar-refractivity contribution in [1.29, 1.82) is 0 Å². The second-order valence-corrected chi connectivity index (χ2v) is 4.53. The van der Waals surface area contributed by atoms with Gasteiger partial charge in [0, 0.05) is 18.3 Å². The van der Waals surface area contributed by atoms with Gasteiger partial charge in [-0.2, -0.15) is 0 Å². The number of rotatable bonds is 4. The van der Waals surface area contributed by atoms with Gasteiger partial charge in [-0.15, -0.1) is 0 Å². The first kappa shape index (κ1) is 14.8. The number of nitrogens with zero attached hydrogens (tertiary/aromatic N) is 1. The van der Waals surface area contributed by atoms with Crippen molar-refractivity contribution in [2.75, 3.05) is 24.3 Å². The maximum absolute atomic E-state index is 13.2. The summed E-state index contributed by atoms with van der Waals surface area (Å²) < 4.78 is 18.6. The van der Waals surface area contributed by atoms with Gasteiger partial charge in [0.05, 0.1) is 12.3 Å². The molecule has 2 N–H and O–H groups in total. The lowest BCUT2D eigenvalue weighted by molar-refractivity contribution is 0.0993. The first-order valence-corrected chi connectivity index (χ1v) is 6.59. The SMILES string of the molecule is CCOc1ccc(C(=O)N(C)c2cccc(F)c2)cc1N. The Labute approximate surface area is 122 Å². The molecule has 1 amide bonds. The molecular formula is C16H17FN2O2. The number of nitrogen functional groups attached to an aromatic ring is 1. The molecule has 0 bridgehead atoms. The van der Waals surface area contributed by atoms with Gasteiger partial charge in [-0.3, -0.25) is 4.79 Å². The number of anilines is 2. The van der Waals surface area contributed by atoms with Crippen molar-refractivity contribution in [2.24, 2.45) is 0 Å². The molecule has 2 rings (SSSR count). The highest BCUT2D eigenvalue weighted by Crippen LogP contribution is 2.24. The van der Waals surface area contributed by atoms with Crippen molar-refractivity contribution in [3.05, 3.63) is 53.8 Å². The second kappa shape index (κ2) is 6.26. The number of hydrogen-bond donors (Lipinski definition) is 1. The van der Waals surface area contributed by atoms with E-state index < -0.39 is 5.82 Å². The fourth-order valence-electron chi connectivity index (χ4n) is 1.96. The van der Waals surface area contributed by atoms with E-state index in [0.29, 0.717) is 29.3 Å². The molecule has 2 aromatic rings. The van der Waals surface area contributed by atoms with E-state index in [9.17, 15) is 9.18 Å². The molecule has 2 aromatic carbocycles. The van der Waals surface area contributed by atoms with Gasteiger partial charge >= 0.3 is 0 Å². The Hall–Kier alpha value is -2.56. The highest BCUT2D eigenvalue weighted by Gasteiger charge is 2.15. The van der Waals surface area contributed by atoms with Crippen molar-refractivity contribution in [1.82, 2.24) is 0 Å². The molecule has 0 fully saturated rings. The maximum atomic E-state index is 13.2. The summed E-state index contributed by atoms with van der Waals surface area (Å²) in [5.74, 6) is -0.115. The number of benzene rings is 2. The lowest BCUT2D eigenvalue weighted by Gasteiger charge is -2.18. The summed E-state index contributed by atoms with van der Waals surface area (Å²) in [5, 5.41) is 0. The van der Waals surface area contributed by atoms with Gasteiger partial charge in [0.1, 0.15) is 11.6 Å². The van der Waals surface area contributed by atoms with Crippen molar-refractivity contribution >= 4 is 17.3 Å². The average Bonchev–Trinajstić information content (AvgIpc) is 2.48. The molecule has 0 spiro atoms. The quantitative estimate of drug-likeness (QED) is 0.880. The summed E-state index contributed by atoms with van der Waals surface area (Å²) in [6.45, 7) is 2.36. The Kier molecular flexibility index (Phi) is 4.42. The van der Waals surface area contributed by atoms with E-state index in [1.54, 1.807) is 37.4 Å². The Morgan fingerprint density at radius 2 is 2.05 bits per heavy atom. The van der Waals surface area contributed by atoms with E-state index in [1.807, 2.05) is 6.92 Å². The molecule has 110 valence electrons.